The molecule has 1 fully saturated rings. The number of fused-ring (bicyclic) bond motifs is 1. The topological polar surface area (TPSA) is 100 Å². The molecule has 6 nitrogen and oxygen atoms in total. The Morgan fingerprint density at radius 1 is 1.38 bits per heavy atom. The summed E-state index contributed by atoms with van der Waals surface area (Å²) in [6.45, 7) is 0.397. The third-order valence-corrected chi connectivity index (χ3v) is 5.76. The van der Waals surface area contributed by atoms with Gasteiger partial charge in [0.25, 0.3) is 0 Å². The molecule has 1 aliphatic rings. The van der Waals surface area contributed by atoms with Crippen molar-refractivity contribution in [2.24, 2.45) is 5.73 Å². The molecule has 7 heteroatoms. The lowest BCUT2D eigenvalue weighted by Gasteiger charge is -2.23. The van der Waals surface area contributed by atoms with Gasteiger partial charge in [0.2, 0.25) is 10.0 Å². The molecule has 0 bridgehead atoms. The largest absolute Gasteiger partial charge is 0.386 e. The average Bonchev–Trinajstić information content (AvgIpc) is 2.97. The third-order valence-electron chi connectivity index (χ3n) is 3.79. The Bertz CT molecular complexity index is 798. The van der Waals surface area contributed by atoms with Crippen LogP contribution in [0.1, 0.15) is 12.8 Å². The smallest absolute Gasteiger partial charge is 0.244 e. The first-order valence-electron chi connectivity index (χ1n) is 6.70. The standard InChI is InChI=1S/C14H16N4O2S/c15-14(16)12-4-2-8-18(12)21(19,20)13-5-1-3-10-9-17-7-6-11(10)13/h1,3,5-7,9,12H,2,4,8H2,(H3,15,16). The van der Waals surface area contributed by atoms with Crippen LogP contribution in [0.3, 0.4) is 0 Å². The molecule has 1 unspecified atom stereocenters. The van der Waals surface area contributed by atoms with E-state index in [0.29, 0.717) is 18.4 Å². The molecule has 110 valence electrons. The number of amidine groups is 1. The molecule has 1 saturated heterocycles. The van der Waals surface area contributed by atoms with Crippen LogP contribution in [0.2, 0.25) is 0 Å². The molecule has 0 radical (unpaired) electrons. The van der Waals surface area contributed by atoms with Gasteiger partial charge in [-0.05, 0) is 25.0 Å². The molecule has 0 amide bonds. The summed E-state index contributed by atoms with van der Waals surface area (Å²) in [5, 5.41) is 9.00. The summed E-state index contributed by atoms with van der Waals surface area (Å²) in [4.78, 5) is 4.26. The van der Waals surface area contributed by atoms with Gasteiger partial charge < -0.3 is 5.73 Å². The molecule has 3 N–H and O–H groups in total. The molecule has 2 heterocycles. The molecular formula is C14H16N4O2S. The lowest BCUT2D eigenvalue weighted by Crippen LogP contribution is -2.43. The molecule has 3 rings (SSSR count). The van der Waals surface area contributed by atoms with E-state index in [1.54, 1.807) is 30.6 Å². The van der Waals surface area contributed by atoms with Crippen molar-refractivity contribution in [2.45, 2.75) is 23.8 Å². The van der Waals surface area contributed by atoms with E-state index < -0.39 is 16.1 Å². The summed E-state index contributed by atoms with van der Waals surface area (Å²) in [5.74, 6) is -0.0991. The number of pyridine rings is 1. The normalized spacial score (nSPS) is 19.9. The number of hydrogen-bond acceptors (Lipinski definition) is 4. The van der Waals surface area contributed by atoms with Gasteiger partial charge in [-0.3, -0.25) is 10.4 Å². The predicted octanol–water partition coefficient (Wildman–Crippen LogP) is 1.32. The van der Waals surface area contributed by atoms with Gasteiger partial charge in [-0.25, -0.2) is 8.42 Å². The van der Waals surface area contributed by atoms with Crippen LogP contribution in [0, 0.1) is 5.41 Å². The number of sulfonamides is 1. The van der Waals surface area contributed by atoms with Crippen molar-refractivity contribution in [3.8, 4) is 0 Å². The maximum atomic E-state index is 12.9. The maximum Gasteiger partial charge on any atom is 0.244 e. The Hall–Kier alpha value is -1.99. The molecule has 1 aromatic heterocycles. The van der Waals surface area contributed by atoms with Crippen molar-refractivity contribution in [1.82, 2.24) is 9.29 Å². The van der Waals surface area contributed by atoms with E-state index in [2.05, 4.69) is 4.98 Å². The highest BCUT2D eigenvalue weighted by molar-refractivity contribution is 7.89. The highest BCUT2D eigenvalue weighted by atomic mass is 32.2. The number of nitrogens with zero attached hydrogens (tertiary/aromatic N) is 2. The van der Waals surface area contributed by atoms with E-state index in [1.807, 2.05) is 6.07 Å². The van der Waals surface area contributed by atoms with Gasteiger partial charge in [-0.2, -0.15) is 4.31 Å². The Balaban J connectivity index is 2.15. The number of nitrogens with two attached hydrogens (primary N) is 1. The maximum absolute atomic E-state index is 12.9. The van der Waals surface area contributed by atoms with Crippen LogP contribution >= 0.6 is 0 Å². The average molecular weight is 304 g/mol. The van der Waals surface area contributed by atoms with Crippen LogP contribution in [0.4, 0.5) is 0 Å². The molecular weight excluding hydrogens is 288 g/mol. The molecule has 1 aromatic carbocycles. The number of nitrogens with one attached hydrogen (secondary N) is 1. The van der Waals surface area contributed by atoms with Gasteiger partial charge >= 0.3 is 0 Å². The Morgan fingerprint density at radius 3 is 2.95 bits per heavy atom. The quantitative estimate of drug-likeness (QED) is 0.659. The van der Waals surface area contributed by atoms with Crippen LogP contribution in [0.5, 0.6) is 0 Å². The van der Waals surface area contributed by atoms with Gasteiger partial charge in [0.15, 0.2) is 0 Å². The first-order valence-corrected chi connectivity index (χ1v) is 8.14. The van der Waals surface area contributed by atoms with Crippen molar-refractivity contribution < 1.29 is 8.42 Å². The molecule has 1 aliphatic heterocycles. The van der Waals surface area contributed by atoms with E-state index in [1.165, 1.54) is 4.31 Å². The first kappa shape index (κ1) is 14.0. The van der Waals surface area contributed by atoms with Crippen LogP contribution in [-0.2, 0) is 10.0 Å². The highest BCUT2D eigenvalue weighted by Gasteiger charge is 2.37. The van der Waals surface area contributed by atoms with Gasteiger partial charge in [0.05, 0.1) is 10.9 Å². The first-order chi connectivity index (χ1) is 10.0. The minimum atomic E-state index is -3.67. The molecule has 21 heavy (non-hydrogen) atoms. The summed E-state index contributed by atoms with van der Waals surface area (Å²) in [6, 6.07) is 6.28. The molecule has 0 spiro atoms. The Kier molecular flexibility index (Phi) is 3.38. The van der Waals surface area contributed by atoms with Crippen LogP contribution < -0.4 is 5.73 Å². The fraction of sp³-hybridized carbons (Fsp3) is 0.286. The Labute approximate surface area is 123 Å². The third kappa shape index (κ3) is 2.28. The number of benzene rings is 1. The second-order valence-corrected chi connectivity index (χ2v) is 6.94. The zero-order valence-electron chi connectivity index (χ0n) is 11.4. The molecule has 0 saturated carbocycles. The summed E-state index contributed by atoms with van der Waals surface area (Å²) in [7, 11) is -3.67. The van der Waals surface area contributed by atoms with Gasteiger partial charge in [-0.15, -0.1) is 0 Å². The zero-order chi connectivity index (χ0) is 15.0. The molecule has 0 aliphatic carbocycles. The zero-order valence-corrected chi connectivity index (χ0v) is 12.2. The number of rotatable bonds is 3. The molecule has 2 aromatic rings. The van der Waals surface area contributed by atoms with E-state index in [9.17, 15) is 8.42 Å². The minimum Gasteiger partial charge on any atom is -0.386 e. The molecule has 1 atom stereocenters. The van der Waals surface area contributed by atoms with Crippen LogP contribution in [0.15, 0.2) is 41.6 Å². The van der Waals surface area contributed by atoms with E-state index in [-0.39, 0.29) is 10.7 Å². The minimum absolute atomic E-state index is 0.0991. The summed E-state index contributed by atoms with van der Waals surface area (Å²) < 4.78 is 27.2. The monoisotopic (exact) mass is 304 g/mol. The van der Waals surface area contributed by atoms with Crippen LogP contribution in [0.25, 0.3) is 10.8 Å². The summed E-state index contributed by atoms with van der Waals surface area (Å²) in [5.41, 5.74) is 5.54. The lowest BCUT2D eigenvalue weighted by atomic mass is 10.2. The number of hydrogen-bond donors (Lipinski definition) is 2. The van der Waals surface area contributed by atoms with Gasteiger partial charge in [0, 0.05) is 29.7 Å². The fourth-order valence-corrected chi connectivity index (χ4v) is 4.67. The van der Waals surface area contributed by atoms with Crippen molar-refractivity contribution >= 4 is 26.6 Å². The predicted molar refractivity (Wildman–Crippen MR) is 80.6 cm³/mol. The number of aromatic nitrogens is 1. The van der Waals surface area contributed by atoms with Crippen molar-refractivity contribution in [1.29, 1.82) is 5.41 Å². The van der Waals surface area contributed by atoms with E-state index >= 15 is 0 Å². The van der Waals surface area contributed by atoms with Gasteiger partial charge in [-0.1, -0.05) is 12.1 Å². The SMILES string of the molecule is N=C(N)C1CCCN1S(=O)(=O)c1cccc2cnccc12. The lowest BCUT2D eigenvalue weighted by molar-refractivity contribution is 0.444. The van der Waals surface area contributed by atoms with Crippen molar-refractivity contribution in [2.75, 3.05) is 6.54 Å². The van der Waals surface area contributed by atoms with Crippen molar-refractivity contribution in [3.63, 3.8) is 0 Å². The second-order valence-electron chi connectivity index (χ2n) is 5.08. The summed E-state index contributed by atoms with van der Waals surface area (Å²) in [6.07, 6.45) is 4.53. The Morgan fingerprint density at radius 2 is 2.19 bits per heavy atom. The second kappa shape index (κ2) is 5.09. The van der Waals surface area contributed by atoms with Crippen LogP contribution in [-0.4, -0.2) is 36.1 Å². The van der Waals surface area contributed by atoms with Crippen molar-refractivity contribution in [3.05, 3.63) is 36.7 Å². The highest BCUT2D eigenvalue weighted by Crippen LogP contribution is 2.30. The van der Waals surface area contributed by atoms with E-state index in [0.717, 1.165) is 11.8 Å². The van der Waals surface area contributed by atoms with E-state index in [4.69, 9.17) is 11.1 Å². The summed E-state index contributed by atoms with van der Waals surface area (Å²) >= 11 is 0. The van der Waals surface area contributed by atoms with Gasteiger partial charge in [0.1, 0.15) is 5.84 Å². The fourth-order valence-electron chi connectivity index (χ4n) is 2.78.